The Kier molecular flexibility index (Phi) is 3.86. The first-order valence-corrected chi connectivity index (χ1v) is 9.39. The number of aromatic carboxylic acids is 1. The van der Waals surface area contributed by atoms with Gasteiger partial charge in [-0.2, -0.15) is 8.78 Å². The van der Waals surface area contributed by atoms with E-state index in [1.807, 2.05) is 0 Å². The molecule has 3 atom stereocenters. The van der Waals surface area contributed by atoms with E-state index in [4.69, 9.17) is 10.5 Å². The molecule has 3 fully saturated rings. The Hall–Kier alpha value is -2.75. The van der Waals surface area contributed by atoms with Crippen molar-refractivity contribution in [3.63, 3.8) is 0 Å². The van der Waals surface area contributed by atoms with E-state index in [-0.39, 0.29) is 47.2 Å². The van der Waals surface area contributed by atoms with Gasteiger partial charge in [0.05, 0.1) is 10.9 Å². The average molecular weight is 409 g/mol. The van der Waals surface area contributed by atoms with E-state index in [1.165, 1.54) is 4.57 Å². The lowest BCUT2D eigenvalue weighted by Crippen LogP contribution is -2.33. The van der Waals surface area contributed by atoms with Crippen molar-refractivity contribution in [2.45, 2.75) is 44.0 Å². The largest absolute Gasteiger partial charge is 0.477 e. The third-order valence-electron chi connectivity index (χ3n) is 6.03. The Morgan fingerprint density at radius 1 is 1.34 bits per heavy atom. The summed E-state index contributed by atoms with van der Waals surface area (Å²) in [5.74, 6) is -2.63. The molecule has 3 aliphatic rings. The van der Waals surface area contributed by atoms with Crippen molar-refractivity contribution in [2.24, 2.45) is 11.7 Å². The zero-order valence-electron chi connectivity index (χ0n) is 15.1. The predicted molar refractivity (Wildman–Crippen MR) is 97.2 cm³/mol. The molecule has 154 valence electrons. The van der Waals surface area contributed by atoms with Crippen LogP contribution in [0.3, 0.4) is 0 Å². The highest BCUT2D eigenvalue weighted by Gasteiger charge is 2.53. The van der Waals surface area contributed by atoms with Crippen LogP contribution < -0.4 is 20.8 Å². The van der Waals surface area contributed by atoms with Gasteiger partial charge in [-0.25, -0.2) is 9.18 Å². The lowest BCUT2D eigenvalue weighted by molar-refractivity contribution is -0.0488. The number of carboxylic acids is 1. The number of piperidine rings is 1. The molecule has 3 N–H and O–H groups in total. The Bertz CT molecular complexity index is 1100. The molecule has 1 aliphatic heterocycles. The molecule has 3 unspecified atom stereocenters. The molecule has 0 amide bonds. The summed E-state index contributed by atoms with van der Waals surface area (Å²) < 4.78 is 48.0. The molecule has 1 aromatic carbocycles. The van der Waals surface area contributed by atoms with Gasteiger partial charge < -0.3 is 25.0 Å². The Labute approximate surface area is 162 Å². The van der Waals surface area contributed by atoms with Crippen LogP contribution in [0.5, 0.6) is 5.75 Å². The Morgan fingerprint density at radius 3 is 2.59 bits per heavy atom. The molecule has 1 aromatic heterocycles. The molecule has 29 heavy (non-hydrogen) atoms. The Balaban J connectivity index is 1.83. The number of benzene rings is 1. The average Bonchev–Trinajstić information content (AvgIpc) is 3.54. The monoisotopic (exact) mass is 409 g/mol. The molecule has 2 aromatic rings. The minimum absolute atomic E-state index is 0.00290. The quantitative estimate of drug-likeness (QED) is 0.787. The topological polar surface area (TPSA) is 97.8 Å². The predicted octanol–water partition coefficient (Wildman–Crippen LogP) is 2.31. The van der Waals surface area contributed by atoms with Gasteiger partial charge in [0.1, 0.15) is 11.3 Å². The van der Waals surface area contributed by atoms with Crippen LogP contribution in [0.1, 0.15) is 35.7 Å². The zero-order valence-corrected chi connectivity index (χ0v) is 15.1. The summed E-state index contributed by atoms with van der Waals surface area (Å²) in [6.45, 7) is -2.95. The molecule has 10 heteroatoms. The second-order valence-corrected chi connectivity index (χ2v) is 7.91. The summed E-state index contributed by atoms with van der Waals surface area (Å²) in [5.41, 5.74) is 4.44. The molecule has 2 saturated carbocycles. The van der Waals surface area contributed by atoms with Crippen LogP contribution >= 0.6 is 0 Å². The number of carbonyl (C=O) groups is 1. The number of fused-ring (bicyclic) bond motifs is 2. The molecule has 0 spiro atoms. The molecule has 1 saturated heterocycles. The number of pyridine rings is 1. The summed E-state index contributed by atoms with van der Waals surface area (Å²) in [6, 6.07) is 0.507. The molecule has 2 aliphatic carbocycles. The van der Waals surface area contributed by atoms with E-state index in [9.17, 15) is 23.5 Å². The van der Waals surface area contributed by atoms with Crippen molar-refractivity contribution in [3.05, 3.63) is 33.9 Å². The second kappa shape index (κ2) is 6.12. The van der Waals surface area contributed by atoms with Gasteiger partial charge in [-0.3, -0.25) is 4.79 Å². The highest BCUT2D eigenvalue weighted by molar-refractivity contribution is 5.97. The number of hydrogen-bond acceptors (Lipinski definition) is 5. The SMILES string of the molecule is NC1CN(c2c(F)cc3c(=O)c(C(=O)O)cn(C4CC4)c3c2OC(F)F)C2CC12. The number of halogens is 3. The number of ether oxygens (including phenoxy) is 1. The van der Waals surface area contributed by atoms with Crippen molar-refractivity contribution in [2.75, 3.05) is 11.4 Å². The van der Waals surface area contributed by atoms with Gasteiger partial charge in [-0.15, -0.1) is 0 Å². The molecule has 2 heterocycles. The van der Waals surface area contributed by atoms with E-state index in [2.05, 4.69) is 0 Å². The summed E-state index contributed by atoms with van der Waals surface area (Å²) >= 11 is 0. The number of rotatable bonds is 5. The fraction of sp³-hybridized carbons (Fsp3) is 0.474. The highest BCUT2D eigenvalue weighted by Crippen LogP contribution is 2.51. The van der Waals surface area contributed by atoms with Crippen LogP contribution in [0, 0.1) is 11.7 Å². The lowest BCUT2D eigenvalue weighted by atomic mass is 10.1. The van der Waals surface area contributed by atoms with Crippen LogP contribution in [0.25, 0.3) is 10.9 Å². The van der Waals surface area contributed by atoms with Crippen LogP contribution in [0.4, 0.5) is 18.9 Å². The third kappa shape index (κ3) is 2.77. The fourth-order valence-corrected chi connectivity index (χ4v) is 4.48. The van der Waals surface area contributed by atoms with Crippen molar-refractivity contribution in [1.82, 2.24) is 4.57 Å². The van der Waals surface area contributed by atoms with E-state index in [0.29, 0.717) is 12.8 Å². The standard InChI is InChI=1S/C19H18F3N3O4/c20-11-3-9-14(24(7-1-2-7)5-10(16(9)26)18(27)28)17(29-19(21)22)15(11)25-6-12(23)8-4-13(8)25/h3,5,7-8,12-13,19H,1-2,4,6,23H2,(H,27,28). The maximum Gasteiger partial charge on any atom is 0.387 e. The van der Waals surface area contributed by atoms with Crippen LogP contribution in [-0.4, -0.2) is 40.9 Å². The van der Waals surface area contributed by atoms with Crippen molar-refractivity contribution < 1.29 is 27.8 Å². The number of nitrogens with zero attached hydrogens (tertiary/aromatic N) is 2. The van der Waals surface area contributed by atoms with Gasteiger partial charge in [0.2, 0.25) is 5.43 Å². The second-order valence-electron chi connectivity index (χ2n) is 7.91. The summed E-state index contributed by atoms with van der Waals surface area (Å²) in [6.07, 6.45) is 3.26. The first-order chi connectivity index (χ1) is 13.8. The van der Waals surface area contributed by atoms with E-state index in [0.717, 1.165) is 18.7 Å². The smallest absolute Gasteiger partial charge is 0.387 e. The van der Waals surface area contributed by atoms with Crippen LogP contribution in [-0.2, 0) is 0 Å². The maximum atomic E-state index is 15.2. The van der Waals surface area contributed by atoms with Gasteiger partial charge in [-0.05, 0) is 31.2 Å². The minimum atomic E-state index is -3.24. The number of nitrogens with two attached hydrogens (primary N) is 1. The number of carboxylic acid groups (broad SMARTS) is 1. The summed E-state index contributed by atoms with van der Waals surface area (Å²) in [7, 11) is 0. The van der Waals surface area contributed by atoms with Gasteiger partial charge in [0, 0.05) is 30.9 Å². The van der Waals surface area contributed by atoms with E-state index < -0.39 is 35.1 Å². The third-order valence-corrected chi connectivity index (χ3v) is 6.03. The van der Waals surface area contributed by atoms with Gasteiger partial charge in [0.15, 0.2) is 11.6 Å². The van der Waals surface area contributed by atoms with Crippen molar-refractivity contribution in [3.8, 4) is 5.75 Å². The van der Waals surface area contributed by atoms with Gasteiger partial charge in [0.25, 0.3) is 0 Å². The number of aromatic nitrogens is 1. The van der Waals surface area contributed by atoms with Crippen LogP contribution in [0.2, 0.25) is 0 Å². The highest BCUT2D eigenvalue weighted by atomic mass is 19.3. The zero-order chi connectivity index (χ0) is 20.6. The molecule has 0 bridgehead atoms. The number of anilines is 1. The van der Waals surface area contributed by atoms with Crippen LogP contribution in [0.15, 0.2) is 17.1 Å². The van der Waals surface area contributed by atoms with Gasteiger partial charge in [-0.1, -0.05) is 0 Å². The summed E-state index contributed by atoms with van der Waals surface area (Å²) in [5, 5.41) is 9.06. The van der Waals surface area contributed by atoms with Gasteiger partial charge >= 0.3 is 12.6 Å². The number of hydrogen-bond donors (Lipinski definition) is 2. The maximum absolute atomic E-state index is 15.2. The number of alkyl halides is 2. The molecule has 0 radical (unpaired) electrons. The first-order valence-electron chi connectivity index (χ1n) is 9.39. The molecular weight excluding hydrogens is 391 g/mol. The molecule has 7 nitrogen and oxygen atoms in total. The van der Waals surface area contributed by atoms with Crippen molar-refractivity contribution in [1.29, 1.82) is 0 Å². The minimum Gasteiger partial charge on any atom is -0.477 e. The van der Waals surface area contributed by atoms with E-state index >= 15 is 4.39 Å². The normalized spacial score (nSPS) is 25.6. The van der Waals surface area contributed by atoms with Crippen molar-refractivity contribution >= 4 is 22.6 Å². The molecule has 5 rings (SSSR count). The van der Waals surface area contributed by atoms with E-state index in [1.54, 1.807) is 4.90 Å². The fourth-order valence-electron chi connectivity index (χ4n) is 4.48. The lowest BCUT2D eigenvalue weighted by Gasteiger charge is -2.27. The Morgan fingerprint density at radius 2 is 2.07 bits per heavy atom. The first kappa shape index (κ1) is 18.3. The molecular formula is C19H18F3N3O4. The summed E-state index contributed by atoms with van der Waals surface area (Å²) in [4.78, 5) is 25.8.